The van der Waals surface area contributed by atoms with Crippen molar-refractivity contribution >= 4 is 23.2 Å². The molecule has 0 unspecified atom stereocenters. The average Bonchev–Trinajstić information content (AvgIpc) is 3.17. The maximum Gasteiger partial charge on any atom is 0.241 e. The molecule has 0 aliphatic heterocycles. The molecule has 0 aliphatic carbocycles. The van der Waals surface area contributed by atoms with E-state index in [-0.39, 0.29) is 12.5 Å². The third-order valence-electron chi connectivity index (χ3n) is 3.10. The summed E-state index contributed by atoms with van der Waals surface area (Å²) in [6, 6.07) is 4.05. The minimum atomic E-state index is -0.0192. The Morgan fingerprint density at radius 2 is 2.26 bits per heavy atom. The lowest BCUT2D eigenvalue weighted by Gasteiger charge is -2.14. The van der Waals surface area contributed by atoms with Crippen LogP contribution in [0.4, 0.5) is 0 Å². The summed E-state index contributed by atoms with van der Waals surface area (Å²) < 4.78 is 1.67. The number of amides is 1. The highest BCUT2D eigenvalue weighted by Crippen LogP contribution is 2.07. The SMILES string of the molecule is CN(C)C(=O)CNC(=NCc1ncnn1C)NCc1cccs1. The van der Waals surface area contributed by atoms with Crippen LogP contribution in [0.25, 0.3) is 0 Å². The fraction of sp³-hybridized carbons (Fsp3) is 0.429. The molecule has 0 aromatic carbocycles. The molecule has 2 rings (SSSR count). The van der Waals surface area contributed by atoms with Crippen molar-refractivity contribution in [2.24, 2.45) is 12.0 Å². The zero-order valence-electron chi connectivity index (χ0n) is 13.5. The van der Waals surface area contributed by atoms with Crippen molar-refractivity contribution in [2.75, 3.05) is 20.6 Å². The second kappa shape index (κ2) is 8.28. The summed E-state index contributed by atoms with van der Waals surface area (Å²) >= 11 is 1.67. The lowest BCUT2D eigenvalue weighted by atomic mass is 10.4. The van der Waals surface area contributed by atoms with Crippen molar-refractivity contribution in [3.8, 4) is 0 Å². The first kappa shape index (κ1) is 16.9. The van der Waals surface area contributed by atoms with Crippen molar-refractivity contribution in [1.29, 1.82) is 0 Å². The maximum atomic E-state index is 11.7. The van der Waals surface area contributed by atoms with Crippen LogP contribution in [-0.2, 0) is 24.9 Å². The Bertz CT molecular complexity index is 648. The lowest BCUT2D eigenvalue weighted by Crippen LogP contribution is -2.42. The summed E-state index contributed by atoms with van der Waals surface area (Å²) in [5.41, 5.74) is 0. The highest BCUT2D eigenvalue weighted by atomic mass is 32.1. The predicted molar refractivity (Wildman–Crippen MR) is 90.0 cm³/mol. The van der Waals surface area contributed by atoms with E-state index >= 15 is 0 Å². The summed E-state index contributed by atoms with van der Waals surface area (Å²) in [6.07, 6.45) is 1.49. The van der Waals surface area contributed by atoms with Crippen molar-refractivity contribution < 1.29 is 4.79 Å². The third kappa shape index (κ3) is 5.37. The average molecular weight is 335 g/mol. The summed E-state index contributed by atoms with van der Waals surface area (Å²) in [5, 5.41) is 12.3. The summed E-state index contributed by atoms with van der Waals surface area (Å²) in [5.74, 6) is 1.30. The fourth-order valence-electron chi connectivity index (χ4n) is 1.69. The number of nitrogens with one attached hydrogen (secondary N) is 2. The first-order valence-electron chi connectivity index (χ1n) is 7.14. The number of aryl methyl sites for hydroxylation is 1. The second-order valence-corrected chi connectivity index (χ2v) is 6.07. The Kier molecular flexibility index (Phi) is 6.10. The molecular weight excluding hydrogens is 314 g/mol. The molecule has 23 heavy (non-hydrogen) atoms. The number of rotatable bonds is 6. The van der Waals surface area contributed by atoms with Crippen molar-refractivity contribution in [1.82, 2.24) is 30.3 Å². The molecule has 2 heterocycles. The van der Waals surface area contributed by atoms with E-state index in [1.807, 2.05) is 24.6 Å². The predicted octanol–water partition coefficient (Wildman–Crippen LogP) is 0.200. The molecule has 2 aromatic rings. The van der Waals surface area contributed by atoms with Crippen LogP contribution in [0, 0.1) is 0 Å². The van der Waals surface area contributed by atoms with Crippen molar-refractivity contribution in [2.45, 2.75) is 13.1 Å². The first-order chi connectivity index (χ1) is 11.1. The van der Waals surface area contributed by atoms with E-state index in [1.54, 1.807) is 30.1 Å². The van der Waals surface area contributed by atoms with Crippen LogP contribution in [0.15, 0.2) is 28.8 Å². The second-order valence-electron chi connectivity index (χ2n) is 5.04. The van der Waals surface area contributed by atoms with Gasteiger partial charge in [0.15, 0.2) is 5.96 Å². The van der Waals surface area contributed by atoms with E-state index in [4.69, 9.17) is 0 Å². The van der Waals surface area contributed by atoms with Crippen LogP contribution in [0.1, 0.15) is 10.7 Å². The van der Waals surface area contributed by atoms with Gasteiger partial charge in [0.05, 0.1) is 13.1 Å². The third-order valence-corrected chi connectivity index (χ3v) is 3.98. The van der Waals surface area contributed by atoms with Gasteiger partial charge in [-0.2, -0.15) is 5.10 Å². The Balaban J connectivity index is 1.97. The largest absolute Gasteiger partial charge is 0.351 e. The van der Waals surface area contributed by atoms with Crippen LogP contribution < -0.4 is 10.6 Å². The van der Waals surface area contributed by atoms with E-state index < -0.39 is 0 Å². The van der Waals surface area contributed by atoms with Gasteiger partial charge in [-0.1, -0.05) is 6.07 Å². The molecule has 0 bridgehead atoms. The summed E-state index contributed by atoms with van der Waals surface area (Å²) in [4.78, 5) is 23.0. The monoisotopic (exact) mass is 335 g/mol. The number of aliphatic imine (C=N–C) groups is 1. The van der Waals surface area contributed by atoms with Gasteiger partial charge in [-0.25, -0.2) is 9.98 Å². The Morgan fingerprint density at radius 1 is 1.43 bits per heavy atom. The Hall–Kier alpha value is -2.42. The lowest BCUT2D eigenvalue weighted by molar-refractivity contribution is -0.127. The molecule has 124 valence electrons. The van der Waals surface area contributed by atoms with Crippen LogP contribution in [0.5, 0.6) is 0 Å². The number of carbonyl (C=O) groups is 1. The molecule has 2 aromatic heterocycles. The number of nitrogens with zero attached hydrogens (tertiary/aromatic N) is 5. The number of hydrogen-bond donors (Lipinski definition) is 2. The van der Waals surface area contributed by atoms with E-state index in [9.17, 15) is 4.79 Å². The highest BCUT2D eigenvalue weighted by molar-refractivity contribution is 7.09. The number of carbonyl (C=O) groups excluding carboxylic acids is 1. The molecule has 8 nitrogen and oxygen atoms in total. The van der Waals surface area contributed by atoms with Gasteiger partial charge in [-0.3, -0.25) is 9.48 Å². The fourth-order valence-corrected chi connectivity index (χ4v) is 2.33. The molecular formula is C14H21N7OS. The smallest absolute Gasteiger partial charge is 0.241 e. The molecule has 9 heteroatoms. The highest BCUT2D eigenvalue weighted by Gasteiger charge is 2.07. The minimum Gasteiger partial charge on any atom is -0.351 e. The topological polar surface area (TPSA) is 87.4 Å². The number of guanidine groups is 1. The Labute approximate surface area is 139 Å². The molecule has 0 spiro atoms. The number of hydrogen-bond acceptors (Lipinski definition) is 5. The first-order valence-corrected chi connectivity index (χ1v) is 8.02. The van der Waals surface area contributed by atoms with Gasteiger partial charge in [0.2, 0.25) is 5.91 Å². The molecule has 0 saturated heterocycles. The van der Waals surface area contributed by atoms with Gasteiger partial charge in [-0.15, -0.1) is 11.3 Å². The molecule has 0 fully saturated rings. The normalized spacial score (nSPS) is 11.3. The van der Waals surface area contributed by atoms with Crippen molar-refractivity contribution in [3.05, 3.63) is 34.5 Å². The van der Waals surface area contributed by atoms with E-state index in [0.717, 1.165) is 5.82 Å². The molecule has 0 aliphatic rings. The molecule has 0 radical (unpaired) electrons. The number of aromatic nitrogens is 3. The molecule has 0 saturated carbocycles. The summed E-state index contributed by atoms with van der Waals surface area (Å²) in [6.45, 7) is 1.22. The van der Waals surface area contributed by atoms with Crippen LogP contribution in [0.2, 0.25) is 0 Å². The maximum absolute atomic E-state index is 11.7. The molecule has 0 atom stereocenters. The minimum absolute atomic E-state index is 0.0192. The van der Waals surface area contributed by atoms with Gasteiger partial charge in [-0.05, 0) is 11.4 Å². The zero-order chi connectivity index (χ0) is 16.7. The van der Waals surface area contributed by atoms with Gasteiger partial charge >= 0.3 is 0 Å². The zero-order valence-corrected chi connectivity index (χ0v) is 14.3. The summed E-state index contributed by atoms with van der Waals surface area (Å²) in [7, 11) is 5.26. The van der Waals surface area contributed by atoms with Crippen LogP contribution in [-0.4, -0.2) is 52.2 Å². The quantitative estimate of drug-likeness (QED) is 0.582. The van der Waals surface area contributed by atoms with Crippen LogP contribution >= 0.6 is 11.3 Å². The van der Waals surface area contributed by atoms with E-state index in [0.29, 0.717) is 19.0 Å². The van der Waals surface area contributed by atoms with E-state index in [2.05, 4.69) is 25.7 Å². The van der Waals surface area contributed by atoms with Gasteiger partial charge in [0.1, 0.15) is 18.7 Å². The van der Waals surface area contributed by atoms with E-state index in [1.165, 1.54) is 16.1 Å². The van der Waals surface area contributed by atoms with Gasteiger partial charge < -0.3 is 15.5 Å². The molecule has 2 N–H and O–H groups in total. The molecule has 1 amide bonds. The van der Waals surface area contributed by atoms with Crippen molar-refractivity contribution in [3.63, 3.8) is 0 Å². The Morgan fingerprint density at radius 3 is 2.87 bits per heavy atom. The number of likely N-dealkylation sites (N-methyl/N-ethyl adjacent to an activating group) is 1. The standard InChI is InChI=1S/C14H21N7OS/c1-20(2)13(22)9-17-14(15-7-11-5-4-6-23-11)16-8-12-18-10-19-21(12)3/h4-6,10H,7-9H2,1-3H3,(H2,15,16,17). The van der Waals surface area contributed by atoms with Gasteiger partial charge in [0.25, 0.3) is 0 Å². The van der Waals surface area contributed by atoms with Gasteiger partial charge in [0, 0.05) is 26.0 Å². The van der Waals surface area contributed by atoms with Crippen LogP contribution in [0.3, 0.4) is 0 Å². The number of thiophene rings is 1.